The van der Waals surface area contributed by atoms with Gasteiger partial charge in [-0.15, -0.1) is 0 Å². The van der Waals surface area contributed by atoms with E-state index < -0.39 is 0 Å². The predicted octanol–water partition coefficient (Wildman–Crippen LogP) is 3.07. The first-order chi connectivity index (χ1) is 12.2. The standard InChI is InChI=1S/C19H15N3O3/c1-25-14-9-7-12(8-10-14)15-11-20-22-17(15)21-18(23)16(19(22)24)13-5-3-2-4-6-13/h2-11,24H,1H3,(H,21,23). The molecule has 0 radical (unpaired) electrons. The molecule has 0 amide bonds. The summed E-state index contributed by atoms with van der Waals surface area (Å²) in [6.07, 6.45) is 1.61. The molecule has 2 aromatic heterocycles. The topological polar surface area (TPSA) is 79.6 Å². The van der Waals surface area contributed by atoms with E-state index in [1.165, 1.54) is 4.52 Å². The smallest absolute Gasteiger partial charge is 0.262 e. The molecule has 25 heavy (non-hydrogen) atoms. The van der Waals surface area contributed by atoms with Gasteiger partial charge >= 0.3 is 0 Å². The van der Waals surface area contributed by atoms with Gasteiger partial charge in [0.1, 0.15) is 17.0 Å². The number of benzene rings is 2. The summed E-state index contributed by atoms with van der Waals surface area (Å²) in [6, 6.07) is 16.4. The van der Waals surface area contributed by atoms with E-state index in [9.17, 15) is 9.90 Å². The van der Waals surface area contributed by atoms with E-state index in [2.05, 4.69) is 10.1 Å². The zero-order chi connectivity index (χ0) is 17.4. The van der Waals surface area contributed by atoms with Gasteiger partial charge in [-0.2, -0.15) is 9.61 Å². The summed E-state index contributed by atoms with van der Waals surface area (Å²) in [7, 11) is 1.60. The minimum absolute atomic E-state index is 0.190. The number of fused-ring (bicyclic) bond motifs is 1. The Morgan fingerprint density at radius 1 is 1.04 bits per heavy atom. The summed E-state index contributed by atoms with van der Waals surface area (Å²) in [6.45, 7) is 0. The molecular weight excluding hydrogens is 318 g/mol. The van der Waals surface area contributed by atoms with Crippen molar-refractivity contribution >= 4 is 5.65 Å². The average Bonchev–Trinajstić information content (AvgIpc) is 3.07. The largest absolute Gasteiger partial charge is 0.497 e. The molecule has 0 bridgehead atoms. The maximum Gasteiger partial charge on any atom is 0.262 e. The van der Waals surface area contributed by atoms with Gasteiger partial charge in [-0.3, -0.25) is 4.79 Å². The molecule has 0 aliphatic carbocycles. The van der Waals surface area contributed by atoms with Crippen LogP contribution in [0.25, 0.3) is 27.9 Å². The van der Waals surface area contributed by atoms with Crippen molar-refractivity contribution in [1.29, 1.82) is 0 Å². The number of rotatable bonds is 3. The Bertz CT molecular complexity index is 1100. The lowest BCUT2D eigenvalue weighted by Crippen LogP contribution is -2.12. The summed E-state index contributed by atoms with van der Waals surface area (Å²) in [4.78, 5) is 15.4. The first-order valence-corrected chi connectivity index (χ1v) is 7.72. The first kappa shape index (κ1) is 15.0. The Balaban J connectivity index is 1.92. The Hall–Kier alpha value is -3.54. The molecule has 2 N–H and O–H groups in total. The fourth-order valence-corrected chi connectivity index (χ4v) is 2.85. The molecule has 2 heterocycles. The van der Waals surface area contributed by atoms with Crippen LogP contribution in [-0.4, -0.2) is 26.8 Å². The van der Waals surface area contributed by atoms with Crippen LogP contribution in [0.1, 0.15) is 0 Å². The Labute approximate surface area is 143 Å². The number of aromatic amines is 1. The highest BCUT2D eigenvalue weighted by molar-refractivity contribution is 5.79. The summed E-state index contributed by atoms with van der Waals surface area (Å²) < 4.78 is 6.49. The molecule has 0 saturated carbocycles. The minimum Gasteiger partial charge on any atom is -0.497 e. The summed E-state index contributed by atoms with van der Waals surface area (Å²) in [5.41, 5.74) is 2.47. The maximum absolute atomic E-state index is 12.6. The van der Waals surface area contributed by atoms with Crippen molar-refractivity contribution < 1.29 is 9.84 Å². The van der Waals surface area contributed by atoms with Crippen molar-refractivity contribution in [3.05, 3.63) is 71.1 Å². The Kier molecular flexibility index (Phi) is 3.50. The van der Waals surface area contributed by atoms with Crippen molar-refractivity contribution in [1.82, 2.24) is 14.6 Å². The van der Waals surface area contributed by atoms with Gasteiger partial charge in [-0.1, -0.05) is 42.5 Å². The summed E-state index contributed by atoms with van der Waals surface area (Å²) >= 11 is 0. The van der Waals surface area contributed by atoms with Crippen molar-refractivity contribution in [3.63, 3.8) is 0 Å². The van der Waals surface area contributed by atoms with Crippen LogP contribution in [0.4, 0.5) is 0 Å². The lowest BCUT2D eigenvalue weighted by molar-refractivity contribution is 0.415. The quantitative estimate of drug-likeness (QED) is 0.604. The highest BCUT2D eigenvalue weighted by atomic mass is 16.5. The normalized spacial score (nSPS) is 10.9. The molecule has 4 aromatic rings. The number of nitrogens with zero attached hydrogens (tertiary/aromatic N) is 2. The van der Waals surface area contributed by atoms with Crippen LogP contribution in [0.15, 0.2) is 65.6 Å². The molecule has 0 atom stereocenters. The van der Waals surface area contributed by atoms with Crippen molar-refractivity contribution in [2.75, 3.05) is 7.11 Å². The second-order valence-electron chi connectivity index (χ2n) is 5.57. The molecule has 0 fully saturated rings. The fraction of sp³-hybridized carbons (Fsp3) is 0.0526. The number of hydrogen-bond donors (Lipinski definition) is 2. The molecule has 0 unspecified atom stereocenters. The van der Waals surface area contributed by atoms with Gasteiger partial charge in [0.15, 0.2) is 0 Å². The molecule has 4 rings (SSSR count). The lowest BCUT2D eigenvalue weighted by Gasteiger charge is -2.07. The number of methoxy groups -OCH3 is 1. The van der Waals surface area contributed by atoms with Gasteiger partial charge in [0.05, 0.1) is 13.3 Å². The molecule has 0 aliphatic rings. The number of nitrogens with one attached hydrogen (secondary N) is 1. The third-order valence-corrected chi connectivity index (χ3v) is 4.12. The first-order valence-electron chi connectivity index (χ1n) is 7.72. The minimum atomic E-state index is -0.369. The van der Waals surface area contributed by atoms with E-state index in [1.54, 1.807) is 25.4 Å². The van der Waals surface area contributed by atoms with E-state index in [0.29, 0.717) is 11.2 Å². The summed E-state index contributed by atoms with van der Waals surface area (Å²) in [5, 5.41) is 14.8. The third kappa shape index (κ3) is 2.44. The van der Waals surface area contributed by atoms with Crippen LogP contribution < -0.4 is 10.3 Å². The van der Waals surface area contributed by atoms with Crippen LogP contribution in [0.5, 0.6) is 11.6 Å². The molecule has 0 saturated heterocycles. The number of H-pyrrole nitrogens is 1. The Morgan fingerprint density at radius 2 is 1.76 bits per heavy atom. The van der Waals surface area contributed by atoms with Gasteiger partial charge < -0.3 is 14.8 Å². The average molecular weight is 333 g/mol. The molecule has 2 aromatic carbocycles. The molecule has 0 spiro atoms. The van der Waals surface area contributed by atoms with Crippen LogP contribution >= 0.6 is 0 Å². The van der Waals surface area contributed by atoms with Crippen molar-refractivity contribution in [3.8, 4) is 33.9 Å². The molecule has 6 heteroatoms. The van der Waals surface area contributed by atoms with Gasteiger partial charge in [0, 0.05) is 5.56 Å². The predicted molar refractivity (Wildman–Crippen MR) is 94.9 cm³/mol. The number of aromatic hydroxyl groups is 1. The van der Waals surface area contributed by atoms with E-state index in [-0.39, 0.29) is 17.0 Å². The molecule has 124 valence electrons. The lowest BCUT2D eigenvalue weighted by atomic mass is 10.1. The maximum atomic E-state index is 12.6. The highest BCUT2D eigenvalue weighted by Gasteiger charge is 2.17. The number of ether oxygens (including phenoxy) is 1. The third-order valence-electron chi connectivity index (χ3n) is 4.12. The second kappa shape index (κ2) is 5.83. The van der Waals surface area contributed by atoms with E-state index in [4.69, 9.17) is 4.74 Å². The second-order valence-corrected chi connectivity index (χ2v) is 5.57. The SMILES string of the molecule is COc1ccc(-c2cnn3c(O)c(-c4ccccc4)c(=O)[nH]c23)cc1. The van der Waals surface area contributed by atoms with Gasteiger partial charge in [-0.05, 0) is 23.3 Å². The monoisotopic (exact) mass is 333 g/mol. The number of hydrogen-bond acceptors (Lipinski definition) is 4. The van der Waals surface area contributed by atoms with Gasteiger partial charge in [-0.25, -0.2) is 0 Å². The van der Waals surface area contributed by atoms with E-state index in [0.717, 1.165) is 16.9 Å². The highest BCUT2D eigenvalue weighted by Crippen LogP contribution is 2.30. The zero-order valence-electron chi connectivity index (χ0n) is 13.4. The van der Waals surface area contributed by atoms with Crippen LogP contribution in [0.2, 0.25) is 0 Å². The van der Waals surface area contributed by atoms with Crippen LogP contribution in [0.3, 0.4) is 0 Å². The van der Waals surface area contributed by atoms with E-state index >= 15 is 0 Å². The molecule has 0 aliphatic heterocycles. The molecular formula is C19H15N3O3. The van der Waals surface area contributed by atoms with Crippen LogP contribution in [-0.2, 0) is 0 Å². The van der Waals surface area contributed by atoms with Crippen LogP contribution in [0, 0.1) is 0 Å². The zero-order valence-corrected chi connectivity index (χ0v) is 13.4. The number of aromatic nitrogens is 3. The fourth-order valence-electron chi connectivity index (χ4n) is 2.85. The van der Waals surface area contributed by atoms with Crippen molar-refractivity contribution in [2.45, 2.75) is 0 Å². The Morgan fingerprint density at radius 3 is 2.44 bits per heavy atom. The van der Waals surface area contributed by atoms with E-state index in [1.807, 2.05) is 42.5 Å². The van der Waals surface area contributed by atoms with Gasteiger partial charge in [0.2, 0.25) is 5.88 Å². The van der Waals surface area contributed by atoms with Crippen molar-refractivity contribution in [2.24, 2.45) is 0 Å². The molecule has 6 nitrogen and oxygen atoms in total. The summed E-state index contributed by atoms with van der Waals surface area (Å²) in [5.74, 6) is 0.549. The van der Waals surface area contributed by atoms with Gasteiger partial charge in [0.25, 0.3) is 5.56 Å².